The molecule has 12 heteroatoms. The van der Waals surface area contributed by atoms with E-state index >= 15 is 0 Å². The first-order chi connectivity index (χ1) is 16.3. The SMILES string of the molecule is CC1(C)Oc2nc(C(F)(F)F)nc(N)c2N=C1c1ccc([C@H]2CC[C@H](CNC(N)=O)CC2)c(Cl)c1. The van der Waals surface area contributed by atoms with E-state index < -0.39 is 29.5 Å². The Morgan fingerprint density at radius 1 is 1.23 bits per heavy atom. The summed E-state index contributed by atoms with van der Waals surface area (Å²) in [6.07, 6.45) is -0.994. The molecule has 1 saturated carbocycles. The topological polar surface area (TPSA) is 129 Å². The third kappa shape index (κ3) is 5.29. The van der Waals surface area contributed by atoms with Gasteiger partial charge in [0.2, 0.25) is 11.7 Å². The van der Waals surface area contributed by atoms with Crippen molar-refractivity contribution in [1.82, 2.24) is 15.3 Å². The summed E-state index contributed by atoms with van der Waals surface area (Å²) >= 11 is 6.67. The molecule has 1 aliphatic carbocycles. The zero-order valence-electron chi connectivity index (χ0n) is 19.2. The molecule has 0 unspecified atom stereocenters. The number of fused-ring (bicyclic) bond motifs is 1. The van der Waals surface area contributed by atoms with Crippen LogP contribution in [0.5, 0.6) is 5.88 Å². The molecule has 2 aromatic rings. The number of carbonyl (C=O) groups excluding carboxylic acids is 1. The number of halogens is 4. The molecule has 0 saturated heterocycles. The van der Waals surface area contributed by atoms with Crippen LogP contribution in [0.4, 0.5) is 29.5 Å². The highest BCUT2D eigenvalue weighted by atomic mass is 35.5. The Labute approximate surface area is 205 Å². The lowest BCUT2D eigenvalue weighted by molar-refractivity contribution is -0.145. The van der Waals surface area contributed by atoms with Crippen molar-refractivity contribution in [3.63, 3.8) is 0 Å². The molecule has 188 valence electrons. The van der Waals surface area contributed by atoms with Crippen molar-refractivity contribution < 1.29 is 22.7 Å². The van der Waals surface area contributed by atoms with E-state index in [1.165, 1.54) is 0 Å². The van der Waals surface area contributed by atoms with E-state index in [1.807, 2.05) is 12.1 Å². The molecule has 35 heavy (non-hydrogen) atoms. The average Bonchev–Trinajstić information content (AvgIpc) is 2.76. The number of anilines is 1. The molecule has 1 fully saturated rings. The summed E-state index contributed by atoms with van der Waals surface area (Å²) in [6, 6.07) is 5.09. The molecule has 2 heterocycles. The van der Waals surface area contributed by atoms with Gasteiger partial charge < -0.3 is 21.5 Å². The number of urea groups is 1. The van der Waals surface area contributed by atoms with Gasteiger partial charge >= 0.3 is 12.2 Å². The molecule has 2 aliphatic rings. The van der Waals surface area contributed by atoms with Gasteiger partial charge in [-0.3, -0.25) is 0 Å². The summed E-state index contributed by atoms with van der Waals surface area (Å²) < 4.78 is 45.1. The number of carbonyl (C=O) groups is 1. The molecule has 5 N–H and O–H groups in total. The Bertz CT molecular complexity index is 1180. The van der Waals surface area contributed by atoms with Gasteiger partial charge in [0.25, 0.3) is 0 Å². The normalized spacial score (nSPS) is 21.5. The van der Waals surface area contributed by atoms with E-state index in [-0.39, 0.29) is 17.5 Å². The Hall–Kier alpha value is -3.08. The first-order valence-corrected chi connectivity index (χ1v) is 11.6. The van der Waals surface area contributed by atoms with Crippen LogP contribution < -0.4 is 21.5 Å². The van der Waals surface area contributed by atoms with Crippen LogP contribution in [0.2, 0.25) is 5.02 Å². The minimum absolute atomic E-state index is 0.0459. The smallest absolute Gasteiger partial charge is 0.451 e. The van der Waals surface area contributed by atoms with Crippen molar-refractivity contribution >= 4 is 34.8 Å². The lowest BCUT2D eigenvalue weighted by atomic mass is 9.78. The van der Waals surface area contributed by atoms with Gasteiger partial charge in [-0.05, 0) is 63.0 Å². The summed E-state index contributed by atoms with van der Waals surface area (Å²) in [5.41, 5.74) is 11.9. The predicted octanol–water partition coefficient (Wildman–Crippen LogP) is 4.96. The largest absolute Gasteiger partial charge is 0.463 e. The minimum Gasteiger partial charge on any atom is -0.463 e. The Morgan fingerprint density at radius 3 is 2.51 bits per heavy atom. The van der Waals surface area contributed by atoms with Crippen molar-refractivity contribution in [1.29, 1.82) is 0 Å². The number of rotatable bonds is 4. The summed E-state index contributed by atoms with van der Waals surface area (Å²) in [5.74, 6) is -1.44. The molecule has 8 nitrogen and oxygen atoms in total. The molecule has 1 aromatic carbocycles. The lowest BCUT2D eigenvalue weighted by Crippen LogP contribution is -2.41. The quantitative estimate of drug-likeness (QED) is 0.535. The van der Waals surface area contributed by atoms with Crippen LogP contribution in [0.3, 0.4) is 0 Å². The maximum absolute atomic E-state index is 13.1. The van der Waals surface area contributed by atoms with Crippen LogP contribution in [0.25, 0.3) is 0 Å². The summed E-state index contributed by atoms with van der Waals surface area (Å²) in [6.45, 7) is 3.94. The van der Waals surface area contributed by atoms with E-state index in [4.69, 9.17) is 27.8 Å². The maximum atomic E-state index is 13.1. The monoisotopic (exact) mass is 510 g/mol. The zero-order valence-corrected chi connectivity index (χ0v) is 20.0. The van der Waals surface area contributed by atoms with Gasteiger partial charge in [-0.15, -0.1) is 0 Å². The van der Waals surface area contributed by atoms with Crippen LogP contribution >= 0.6 is 11.6 Å². The van der Waals surface area contributed by atoms with E-state index in [1.54, 1.807) is 19.9 Å². The standard InChI is InChI=1S/C23H26ClF3N6O2/c1-22(2)17(31-16-18(28)32-20(23(25,26)27)33-19(16)35-22)13-7-8-14(15(24)9-13)12-5-3-11(4-6-12)10-30-21(29)34/h7-9,11-12H,3-6,10H2,1-2H3,(H2,28,32,33)(H3,29,30,34)/t11-,12-. The number of ether oxygens (including phenoxy) is 1. The number of hydrogen-bond acceptors (Lipinski definition) is 6. The number of amides is 2. The van der Waals surface area contributed by atoms with E-state index in [0.29, 0.717) is 28.8 Å². The van der Waals surface area contributed by atoms with E-state index in [2.05, 4.69) is 20.3 Å². The highest BCUT2D eigenvalue weighted by Crippen LogP contribution is 2.43. The molecular formula is C23H26ClF3N6O2. The van der Waals surface area contributed by atoms with Crippen molar-refractivity contribution in [3.05, 3.63) is 40.2 Å². The highest BCUT2D eigenvalue weighted by molar-refractivity contribution is 6.32. The first kappa shape index (κ1) is 25.0. The lowest BCUT2D eigenvalue weighted by Gasteiger charge is -2.33. The number of nitrogens with one attached hydrogen (secondary N) is 1. The van der Waals surface area contributed by atoms with Gasteiger partial charge in [0, 0.05) is 17.1 Å². The molecule has 4 rings (SSSR count). The van der Waals surface area contributed by atoms with Gasteiger partial charge in [-0.1, -0.05) is 23.7 Å². The predicted molar refractivity (Wildman–Crippen MR) is 126 cm³/mol. The summed E-state index contributed by atoms with van der Waals surface area (Å²) in [7, 11) is 0. The third-order valence-corrected chi connectivity index (χ3v) is 6.73. The van der Waals surface area contributed by atoms with Crippen molar-refractivity contribution in [3.8, 4) is 5.88 Å². The van der Waals surface area contributed by atoms with Crippen LogP contribution in [0.15, 0.2) is 23.2 Å². The molecular weight excluding hydrogens is 485 g/mol. The van der Waals surface area contributed by atoms with Crippen LogP contribution in [-0.2, 0) is 6.18 Å². The van der Waals surface area contributed by atoms with Crippen molar-refractivity contribution in [2.45, 2.75) is 57.2 Å². The number of benzene rings is 1. The average molecular weight is 511 g/mol. The van der Waals surface area contributed by atoms with E-state index in [0.717, 1.165) is 31.2 Å². The number of nitrogen functional groups attached to an aromatic ring is 1. The Balaban J connectivity index is 1.58. The number of alkyl halides is 3. The molecule has 0 spiro atoms. The minimum atomic E-state index is -4.76. The fourth-order valence-corrected chi connectivity index (χ4v) is 4.97. The fraction of sp³-hybridized carbons (Fsp3) is 0.478. The second kappa shape index (κ2) is 9.18. The van der Waals surface area contributed by atoms with Crippen LogP contribution in [0, 0.1) is 5.92 Å². The summed E-state index contributed by atoms with van der Waals surface area (Å²) in [4.78, 5) is 22.3. The Kier molecular flexibility index (Phi) is 6.56. The number of aliphatic imine (C=N–C) groups is 1. The zero-order chi connectivity index (χ0) is 25.5. The highest BCUT2D eigenvalue weighted by Gasteiger charge is 2.40. The molecule has 0 radical (unpaired) electrons. The Morgan fingerprint density at radius 2 is 1.91 bits per heavy atom. The second-order valence-corrected chi connectivity index (χ2v) is 9.76. The van der Waals surface area contributed by atoms with Crippen LogP contribution in [-0.4, -0.2) is 33.9 Å². The van der Waals surface area contributed by atoms with Gasteiger partial charge in [0.05, 0.1) is 5.71 Å². The number of primary amides is 1. The summed E-state index contributed by atoms with van der Waals surface area (Å²) in [5, 5.41) is 3.24. The van der Waals surface area contributed by atoms with Gasteiger partial charge in [0.1, 0.15) is 5.60 Å². The molecule has 2 amide bonds. The fourth-order valence-electron chi connectivity index (χ4n) is 4.63. The van der Waals surface area contributed by atoms with Gasteiger partial charge in [-0.2, -0.15) is 18.2 Å². The van der Waals surface area contributed by atoms with Gasteiger partial charge in [-0.25, -0.2) is 14.8 Å². The molecule has 0 atom stereocenters. The molecule has 1 aromatic heterocycles. The van der Waals surface area contributed by atoms with Crippen molar-refractivity contribution in [2.24, 2.45) is 16.6 Å². The first-order valence-electron chi connectivity index (χ1n) is 11.2. The second-order valence-electron chi connectivity index (χ2n) is 9.36. The number of nitrogens with two attached hydrogens (primary N) is 2. The van der Waals surface area contributed by atoms with Gasteiger partial charge in [0.15, 0.2) is 11.5 Å². The number of hydrogen-bond donors (Lipinski definition) is 3. The van der Waals surface area contributed by atoms with Crippen LogP contribution in [0.1, 0.15) is 62.4 Å². The molecule has 0 bridgehead atoms. The number of aromatic nitrogens is 2. The van der Waals surface area contributed by atoms with Crippen molar-refractivity contribution in [2.75, 3.05) is 12.3 Å². The van der Waals surface area contributed by atoms with E-state index in [9.17, 15) is 18.0 Å². The third-order valence-electron chi connectivity index (χ3n) is 6.40. The maximum Gasteiger partial charge on any atom is 0.451 e. The number of nitrogens with zero attached hydrogens (tertiary/aromatic N) is 3. The molecule has 1 aliphatic heterocycles.